The largest absolute Gasteiger partial charge is 0.478 e. The van der Waals surface area contributed by atoms with Gasteiger partial charge in [-0.15, -0.1) is 0 Å². The molecule has 0 aliphatic rings. The number of rotatable bonds is 2. The molecule has 0 bridgehead atoms. The van der Waals surface area contributed by atoms with E-state index < -0.39 is 5.97 Å². The highest BCUT2D eigenvalue weighted by molar-refractivity contribution is 9.10. The Labute approximate surface area is 129 Å². The summed E-state index contributed by atoms with van der Waals surface area (Å²) in [4.78, 5) is 16.1. The number of fused-ring (bicyclic) bond motifs is 1. The number of aryl methyl sites for hydroxylation is 2. The number of carbonyl (C=O) groups is 1. The highest BCUT2D eigenvalue weighted by Gasteiger charge is 2.17. The van der Waals surface area contributed by atoms with E-state index in [2.05, 4.69) is 26.0 Å². The Kier molecular flexibility index (Phi) is 3.25. The third-order valence-electron chi connectivity index (χ3n) is 3.30. The third kappa shape index (κ3) is 2.31. The number of nitrogens with zero attached hydrogens (tertiary/aromatic N) is 3. The summed E-state index contributed by atoms with van der Waals surface area (Å²) in [6.45, 7) is 1.88. The number of benzene rings is 1. The lowest BCUT2D eigenvalue weighted by molar-refractivity contribution is 0.0699. The van der Waals surface area contributed by atoms with E-state index in [-0.39, 0.29) is 5.56 Å². The van der Waals surface area contributed by atoms with Gasteiger partial charge < -0.3 is 5.11 Å². The molecule has 0 amide bonds. The maximum absolute atomic E-state index is 11.6. The number of aromatic carboxylic acids is 1. The van der Waals surface area contributed by atoms with Gasteiger partial charge in [-0.3, -0.25) is 4.68 Å². The maximum atomic E-state index is 11.6. The van der Waals surface area contributed by atoms with Gasteiger partial charge in [0.05, 0.1) is 22.5 Å². The standard InChI is InChI=1S/C15H12BrN3O2/c1-8-10(7-19(2)18-8)13-6-9(15(20)21)14-11(16)4-3-5-12(14)17-13/h3-7H,1-2H3,(H,20,21). The van der Waals surface area contributed by atoms with Crippen LogP contribution in [0.15, 0.2) is 34.9 Å². The second-order valence-electron chi connectivity index (χ2n) is 4.80. The van der Waals surface area contributed by atoms with Gasteiger partial charge in [0.2, 0.25) is 0 Å². The minimum atomic E-state index is -0.975. The van der Waals surface area contributed by atoms with E-state index in [4.69, 9.17) is 0 Å². The average Bonchev–Trinajstić information content (AvgIpc) is 2.76. The Morgan fingerprint density at radius 2 is 2.14 bits per heavy atom. The lowest BCUT2D eigenvalue weighted by Crippen LogP contribution is -2.01. The number of halogens is 1. The molecular formula is C15H12BrN3O2. The highest BCUT2D eigenvalue weighted by atomic mass is 79.9. The summed E-state index contributed by atoms with van der Waals surface area (Å²) >= 11 is 3.40. The summed E-state index contributed by atoms with van der Waals surface area (Å²) in [6, 6.07) is 7.05. The molecule has 0 atom stereocenters. The Morgan fingerprint density at radius 1 is 1.38 bits per heavy atom. The van der Waals surface area contributed by atoms with E-state index in [0.717, 1.165) is 15.7 Å². The van der Waals surface area contributed by atoms with Gasteiger partial charge in [0.15, 0.2) is 0 Å². The minimum absolute atomic E-state index is 0.228. The first-order chi connectivity index (χ1) is 9.97. The van der Waals surface area contributed by atoms with Gasteiger partial charge in [-0.2, -0.15) is 5.10 Å². The van der Waals surface area contributed by atoms with Gasteiger partial charge in [0.25, 0.3) is 0 Å². The second-order valence-corrected chi connectivity index (χ2v) is 5.65. The maximum Gasteiger partial charge on any atom is 0.336 e. The lowest BCUT2D eigenvalue weighted by Gasteiger charge is -2.07. The molecule has 1 aromatic carbocycles. The molecule has 0 radical (unpaired) electrons. The quantitative estimate of drug-likeness (QED) is 0.772. The molecule has 3 aromatic rings. The smallest absolute Gasteiger partial charge is 0.336 e. The number of aromatic nitrogens is 3. The van der Waals surface area contributed by atoms with Crippen LogP contribution >= 0.6 is 15.9 Å². The van der Waals surface area contributed by atoms with E-state index in [1.807, 2.05) is 38.4 Å². The minimum Gasteiger partial charge on any atom is -0.478 e. The molecule has 2 heterocycles. The van der Waals surface area contributed by atoms with E-state index >= 15 is 0 Å². The molecule has 0 spiro atoms. The van der Waals surface area contributed by atoms with E-state index in [1.54, 1.807) is 10.7 Å². The summed E-state index contributed by atoms with van der Waals surface area (Å²) in [7, 11) is 1.83. The Hall–Kier alpha value is -2.21. The van der Waals surface area contributed by atoms with Crippen molar-refractivity contribution in [3.8, 4) is 11.3 Å². The second kappa shape index (κ2) is 4.96. The van der Waals surface area contributed by atoms with Crippen LogP contribution in [0, 0.1) is 6.92 Å². The summed E-state index contributed by atoms with van der Waals surface area (Å²) in [5, 5.41) is 14.4. The van der Waals surface area contributed by atoms with Gasteiger partial charge in [0.1, 0.15) is 0 Å². The van der Waals surface area contributed by atoms with E-state index in [1.165, 1.54) is 0 Å². The summed E-state index contributed by atoms with van der Waals surface area (Å²) < 4.78 is 2.41. The van der Waals surface area contributed by atoms with Crippen LogP contribution < -0.4 is 0 Å². The third-order valence-corrected chi connectivity index (χ3v) is 3.96. The number of hydrogen-bond acceptors (Lipinski definition) is 3. The number of carboxylic acid groups (broad SMARTS) is 1. The zero-order valence-corrected chi connectivity index (χ0v) is 13.0. The predicted octanol–water partition coefficient (Wildman–Crippen LogP) is 3.40. The lowest BCUT2D eigenvalue weighted by atomic mass is 10.0. The number of pyridine rings is 1. The van der Waals surface area contributed by atoms with E-state index in [0.29, 0.717) is 16.6 Å². The first kappa shape index (κ1) is 13.8. The van der Waals surface area contributed by atoms with Crippen LogP contribution in [-0.4, -0.2) is 25.8 Å². The van der Waals surface area contributed by atoms with Crippen molar-refractivity contribution in [1.82, 2.24) is 14.8 Å². The van der Waals surface area contributed by atoms with Crippen molar-refractivity contribution >= 4 is 32.8 Å². The van der Waals surface area contributed by atoms with Crippen LogP contribution in [0.25, 0.3) is 22.2 Å². The Bertz CT molecular complexity index is 871. The molecule has 0 aliphatic heterocycles. The first-order valence-electron chi connectivity index (χ1n) is 6.30. The predicted molar refractivity (Wildman–Crippen MR) is 83.3 cm³/mol. The van der Waals surface area contributed by atoms with Crippen LogP contribution in [0.4, 0.5) is 0 Å². The molecule has 0 saturated carbocycles. The van der Waals surface area contributed by atoms with Crippen LogP contribution in [0.1, 0.15) is 16.1 Å². The van der Waals surface area contributed by atoms with Gasteiger partial charge in [-0.05, 0) is 25.1 Å². The van der Waals surface area contributed by atoms with Gasteiger partial charge in [0, 0.05) is 28.7 Å². The molecular weight excluding hydrogens is 334 g/mol. The van der Waals surface area contributed by atoms with Crippen molar-refractivity contribution in [3.05, 3.63) is 46.2 Å². The molecule has 0 fully saturated rings. The average molecular weight is 346 g/mol. The van der Waals surface area contributed by atoms with Crippen molar-refractivity contribution in [2.24, 2.45) is 7.05 Å². The fourth-order valence-electron chi connectivity index (χ4n) is 2.40. The van der Waals surface area contributed by atoms with Crippen molar-refractivity contribution in [3.63, 3.8) is 0 Å². The Balaban J connectivity index is 2.36. The molecule has 0 saturated heterocycles. The molecule has 0 unspecified atom stereocenters. The fraction of sp³-hybridized carbons (Fsp3) is 0.133. The van der Waals surface area contributed by atoms with Crippen molar-refractivity contribution < 1.29 is 9.90 Å². The van der Waals surface area contributed by atoms with Crippen LogP contribution in [0.3, 0.4) is 0 Å². The van der Waals surface area contributed by atoms with Crippen molar-refractivity contribution in [1.29, 1.82) is 0 Å². The highest BCUT2D eigenvalue weighted by Crippen LogP contribution is 2.30. The number of carboxylic acids is 1. The summed E-state index contributed by atoms with van der Waals surface area (Å²) in [5.41, 5.74) is 3.13. The molecule has 106 valence electrons. The number of hydrogen-bond donors (Lipinski definition) is 1. The normalized spacial score (nSPS) is 11.0. The zero-order valence-electron chi connectivity index (χ0n) is 11.5. The summed E-state index contributed by atoms with van der Waals surface area (Å²) in [5.74, 6) is -0.975. The molecule has 0 aliphatic carbocycles. The van der Waals surface area contributed by atoms with Gasteiger partial charge >= 0.3 is 5.97 Å². The SMILES string of the molecule is Cc1nn(C)cc1-c1cc(C(=O)O)c2c(Br)cccc2n1. The van der Waals surface area contributed by atoms with E-state index in [9.17, 15) is 9.90 Å². The summed E-state index contributed by atoms with van der Waals surface area (Å²) in [6.07, 6.45) is 1.84. The van der Waals surface area contributed by atoms with Gasteiger partial charge in [-0.25, -0.2) is 9.78 Å². The molecule has 5 nitrogen and oxygen atoms in total. The monoisotopic (exact) mass is 345 g/mol. The Morgan fingerprint density at radius 3 is 2.76 bits per heavy atom. The first-order valence-corrected chi connectivity index (χ1v) is 7.10. The van der Waals surface area contributed by atoms with Crippen molar-refractivity contribution in [2.75, 3.05) is 0 Å². The molecule has 21 heavy (non-hydrogen) atoms. The van der Waals surface area contributed by atoms with Crippen LogP contribution in [0.2, 0.25) is 0 Å². The molecule has 6 heteroatoms. The molecule has 1 N–H and O–H groups in total. The molecule has 2 aromatic heterocycles. The fourth-order valence-corrected chi connectivity index (χ4v) is 2.97. The van der Waals surface area contributed by atoms with Crippen molar-refractivity contribution in [2.45, 2.75) is 6.92 Å². The molecule has 3 rings (SSSR count). The van der Waals surface area contributed by atoms with Crippen LogP contribution in [0.5, 0.6) is 0 Å². The van der Waals surface area contributed by atoms with Gasteiger partial charge in [-0.1, -0.05) is 22.0 Å². The van der Waals surface area contributed by atoms with Crippen LogP contribution in [-0.2, 0) is 7.05 Å². The zero-order chi connectivity index (χ0) is 15.1. The topological polar surface area (TPSA) is 68.0 Å².